The Morgan fingerprint density at radius 2 is 2.06 bits per heavy atom. The third-order valence-electron chi connectivity index (χ3n) is 2.48. The Morgan fingerprint density at radius 1 is 1.35 bits per heavy atom. The van der Waals surface area contributed by atoms with E-state index in [2.05, 4.69) is 9.47 Å². The Kier molecular flexibility index (Phi) is 4.63. The highest BCUT2D eigenvalue weighted by molar-refractivity contribution is 6.09. The van der Waals surface area contributed by atoms with Crippen LogP contribution in [0.2, 0.25) is 0 Å². The van der Waals surface area contributed by atoms with E-state index in [9.17, 15) is 9.59 Å². The lowest BCUT2D eigenvalue weighted by Gasteiger charge is -2.15. The van der Waals surface area contributed by atoms with Gasteiger partial charge in [-0.1, -0.05) is 12.2 Å². The summed E-state index contributed by atoms with van der Waals surface area (Å²) in [6.07, 6.45) is 5.70. The van der Waals surface area contributed by atoms with Gasteiger partial charge in [-0.2, -0.15) is 0 Å². The Labute approximate surface area is 99.6 Å². The van der Waals surface area contributed by atoms with Crippen LogP contribution in [0.25, 0.3) is 0 Å². The van der Waals surface area contributed by atoms with E-state index in [1.807, 2.05) is 0 Å². The molecule has 1 aliphatic rings. The van der Waals surface area contributed by atoms with Gasteiger partial charge in [0.1, 0.15) is 5.92 Å². The maximum absolute atomic E-state index is 11.3. The summed E-state index contributed by atoms with van der Waals surface area (Å²) >= 11 is 0. The molecule has 17 heavy (non-hydrogen) atoms. The van der Waals surface area contributed by atoms with Gasteiger partial charge in [0, 0.05) is 12.1 Å². The summed E-state index contributed by atoms with van der Waals surface area (Å²) in [5.74, 6) is -1.38. The molecule has 1 aliphatic carbocycles. The van der Waals surface area contributed by atoms with Crippen LogP contribution in [-0.4, -0.2) is 31.9 Å². The molecule has 1 rings (SSSR count). The van der Waals surface area contributed by atoms with Crippen LogP contribution in [0.15, 0.2) is 23.8 Å². The number of carbonyl (C=O) groups excluding carboxylic acids is 2. The van der Waals surface area contributed by atoms with Crippen molar-refractivity contribution in [2.45, 2.75) is 12.8 Å². The first-order valence-corrected chi connectivity index (χ1v) is 5.20. The van der Waals surface area contributed by atoms with Crippen LogP contribution >= 0.6 is 0 Å². The van der Waals surface area contributed by atoms with Crippen molar-refractivity contribution < 1.29 is 19.1 Å². The Bertz CT molecular complexity index is 395. The largest absolute Gasteiger partial charge is 0.469 e. The summed E-state index contributed by atoms with van der Waals surface area (Å²) in [5, 5.41) is 7.70. The van der Waals surface area contributed by atoms with Crippen LogP contribution < -0.4 is 0 Å². The van der Waals surface area contributed by atoms with Gasteiger partial charge in [-0.15, -0.1) is 0 Å². The van der Waals surface area contributed by atoms with E-state index in [4.69, 9.17) is 5.41 Å². The second kappa shape index (κ2) is 5.98. The van der Waals surface area contributed by atoms with Crippen molar-refractivity contribution in [3.05, 3.63) is 23.8 Å². The molecule has 0 aromatic rings. The number of nitrogens with one attached hydrogen (secondary N) is 1. The smallest absolute Gasteiger partial charge is 0.318 e. The van der Waals surface area contributed by atoms with Gasteiger partial charge in [0.15, 0.2) is 0 Å². The lowest BCUT2D eigenvalue weighted by Crippen LogP contribution is -2.23. The van der Waals surface area contributed by atoms with E-state index in [-0.39, 0.29) is 18.1 Å². The van der Waals surface area contributed by atoms with Gasteiger partial charge in [-0.25, -0.2) is 0 Å². The van der Waals surface area contributed by atoms with Crippen molar-refractivity contribution in [2.75, 3.05) is 14.2 Å². The SMILES string of the molecule is COC(=O)CCC1=CC(=N)C(C(=O)OC)C=C1. The van der Waals surface area contributed by atoms with Crippen molar-refractivity contribution in [1.82, 2.24) is 0 Å². The summed E-state index contributed by atoms with van der Waals surface area (Å²) in [6, 6.07) is 0. The first-order chi connectivity index (χ1) is 8.08. The molecule has 0 spiro atoms. The minimum Gasteiger partial charge on any atom is -0.469 e. The Balaban J connectivity index is 2.58. The lowest BCUT2D eigenvalue weighted by molar-refractivity contribution is -0.142. The first kappa shape index (κ1) is 13.2. The third kappa shape index (κ3) is 3.55. The van der Waals surface area contributed by atoms with E-state index in [0.29, 0.717) is 6.42 Å². The molecule has 0 aliphatic heterocycles. The van der Waals surface area contributed by atoms with Crippen molar-refractivity contribution in [2.24, 2.45) is 5.92 Å². The zero-order chi connectivity index (χ0) is 12.8. The zero-order valence-electron chi connectivity index (χ0n) is 9.86. The fourth-order valence-corrected chi connectivity index (χ4v) is 1.50. The topological polar surface area (TPSA) is 76.5 Å². The monoisotopic (exact) mass is 237 g/mol. The molecule has 0 saturated carbocycles. The van der Waals surface area contributed by atoms with Gasteiger partial charge in [0.2, 0.25) is 0 Å². The van der Waals surface area contributed by atoms with Crippen LogP contribution in [-0.2, 0) is 19.1 Å². The summed E-state index contributed by atoms with van der Waals surface area (Å²) in [6.45, 7) is 0. The molecule has 0 saturated heterocycles. The number of carbonyl (C=O) groups is 2. The number of hydrogen-bond acceptors (Lipinski definition) is 5. The zero-order valence-corrected chi connectivity index (χ0v) is 9.86. The maximum Gasteiger partial charge on any atom is 0.318 e. The number of hydrogen-bond donors (Lipinski definition) is 1. The van der Waals surface area contributed by atoms with E-state index >= 15 is 0 Å². The van der Waals surface area contributed by atoms with Crippen LogP contribution in [0.5, 0.6) is 0 Å². The van der Waals surface area contributed by atoms with Crippen molar-refractivity contribution in [3.8, 4) is 0 Å². The molecule has 0 heterocycles. The molecule has 5 nitrogen and oxygen atoms in total. The average Bonchev–Trinajstić information content (AvgIpc) is 2.35. The number of ether oxygens (including phenoxy) is 2. The molecule has 0 bridgehead atoms. The van der Waals surface area contributed by atoms with Crippen LogP contribution in [0.4, 0.5) is 0 Å². The highest BCUT2D eigenvalue weighted by Gasteiger charge is 2.22. The third-order valence-corrected chi connectivity index (χ3v) is 2.48. The highest BCUT2D eigenvalue weighted by Crippen LogP contribution is 2.18. The molecule has 0 aromatic heterocycles. The standard InChI is InChI=1S/C12H15NO4/c1-16-11(14)6-4-8-3-5-9(10(13)7-8)12(15)17-2/h3,5,7,9,13H,4,6H2,1-2H3. The Hall–Kier alpha value is -1.91. The number of rotatable bonds is 4. The molecule has 0 amide bonds. The van der Waals surface area contributed by atoms with E-state index in [0.717, 1.165) is 5.57 Å². The summed E-state index contributed by atoms with van der Waals surface area (Å²) < 4.78 is 9.10. The van der Waals surface area contributed by atoms with E-state index in [1.165, 1.54) is 14.2 Å². The predicted octanol–water partition coefficient (Wildman–Crippen LogP) is 1.24. The van der Waals surface area contributed by atoms with Crippen LogP contribution in [0.1, 0.15) is 12.8 Å². The van der Waals surface area contributed by atoms with E-state index in [1.54, 1.807) is 18.2 Å². The molecule has 1 atom stereocenters. The normalized spacial score (nSPS) is 18.6. The minimum atomic E-state index is -0.637. The van der Waals surface area contributed by atoms with Crippen molar-refractivity contribution in [1.29, 1.82) is 5.41 Å². The molecule has 5 heteroatoms. The summed E-state index contributed by atoms with van der Waals surface area (Å²) in [5.41, 5.74) is 1.01. The molecule has 1 unspecified atom stereocenters. The number of methoxy groups -OCH3 is 2. The van der Waals surface area contributed by atoms with Crippen LogP contribution in [0, 0.1) is 11.3 Å². The summed E-state index contributed by atoms with van der Waals surface area (Å²) in [4.78, 5) is 22.2. The second-order valence-corrected chi connectivity index (χ2v) is 3.61. The van der Waals surface area contributed by atoms with Gasteiger partial charge in [-0.05, 0) is 18.1 Å². The minimum absolute atomic E-state index is 0.180. The summed E-state index contributed by atoms with van der Waals surface area (Å²) in [7, 11) is 2.63. The van der Waals surface area contributed by atoms with Crippen molar-refractivity contribution >= 4 is 17.7 Å². The van der Waals surface area contributed by atoms with Crippen molar-refractivity contribution in [3.63, 3.8) is 0 Å². The fourth-order valence-electron chi connectivity index (χ4n) is 1.50. The highest BCUT2D eigenvalue weighted by atomic mass is 16.5. The van der Waals surface area contributed by atoms with E-state index < -0.39 is 11.9 Å². The number of esters is 2. The van der Waals surface area contributed by atoms with Gasteiger partial charge in [0.05, 0.1) is 14.2 Å². The fraction of sp³-hybridized carbons (Fsp3) is 0.417. The molecule has 0 radical (unpaired) electrons. The van der Waals surface area contributed by atoms with Gasteiger partial charge in [0.25, 0.3) is 0 Å². The Morgan fingerprint density at radius 3 is 2.59 bits per heavy atom. The molecular weight excluding hydrogens is 222 g/mol. The molecule has 1 N–H and O–H groups in total. The average molecular weight is 237 g/mol. The second-order valence-electron chi connectivity index (χ2n) is 3.61. The van der Waals surface area contributed by atoms with Gasteiger partial charge >= 0.3 is 11.9 Å². The molecule has 92 valence electrons. The van der Waals surface area contributed by atoms with Crippen LogP contribution in [0.3, 0.4) is 0 Å². The van der Waals surface area contributed by atoms with Gasteiger partial charge in [-0.3, -0.25) is 9.59 Å². The lowest BCUT2D eigenvalue weighted by atomic mass is 9.93. The molecular formula is C12H15NO4. The quantitative estimate of drug-likeness (QED) is 0.746. The predicted molar refractivity (Wildman–Crippen MR) is 61.7 cm³/mol. The molecule has 0 fully saturated rings. The first-order valence-electron chi connectivity index (χ1n) is 5.20. The molecule has 0 aromatic carbocycles. The van der Waals surface area contributed by atoms with Gasteiger partial charge < -0.3 is 14.9 Å². The maximum atomic E-state index is 11.3. The number of allylic oxidation sites excluding steroid dienone is 3.